The molecule has 6 aliphatic rings. The fourth-order valence-corrected chi connectivity index (χ4v) is 12.5. The second kappa shape index (κ2) is 13.4. The average molecular weight is 793 g/mol. The van der Waals surface area contributed by atoms with E-state index in [1.54, 1.807) is 0 Å². The molecular weight excluding hydrogens is 737 g/mol. The summed E-state index contributed by atoms with van der Waals surface area (Å²) in [6, 6.07) is 38.1. The first-order valence-corrected chi connectivity index (χ1v) is 22.4. The van der Waals surface area contributed by atoms with E-state index in [2.05, 4.69) is 188 Å². The minimum absolute atomic E-state index is 0.0197. The lowest BCUT2D eigenvalue weighted by atomic mass is 9.58. The Morgan fingerprint density at radius 3 is 2.13 bits per heavy atom. The Morgan fingerprint density at radius 2 is 1.38 bits per heavy atom. The summed E-state index contributed by atoms with van der Waals surface area (Å²) < 4.78 is 6.61. The molecule has 5 aromatic rings. The van der Waals surface area contributed by atoms with E-state index in [-0.39, 0.29) is 27.8 Å². The van der Waals surface area contributed by atoms with Gasteiger partial charge in [0.05, 0.1) is 12.7 Å². The quantitative estimate of drug-likeness (QED) is 0.161. The van der Waals surface area contributed by atoms with Gasteiger partial charge in [-0.2, -0.15) is 0 Å². The predicted octanol–water partition coefficient (Wildman–Crippen LogP) is 14.9. The molecule has 1 aliphatic heterocycles. The van der Waals surface area contributed by atoms with Crippen molar-refractivity contribution in [3.63, 3.8) is 0 Å². The highest BCUT2D eigenvalue weighted by Gasteiger charge is 2.56. The van der Waals surface area contributed by atoms with Crippen LogP contribution in [0.2, 0.25) is 0 Å². The van der Waals surface area contributed by atoms with Crippen molar-refractivity contribution in [2.24, 2.45) is 10.8 Å². The van der Waals surface area contributed by atoms with E-state index in [1.165, 1.54) is 89.0 Å². The minimum Gasteiger partial charge on any atom is -0.372 e. The second-order valence-corrected chi connectivity index (χ2v) is 20.0. The Hall–Kier alpha value is -5.76. The molecule has 302 valence electrons. The van der Waals surface area contributed by atoms with Crippen molar-refractivity contribution >= 4 is 5.57 Å². The summed E-state index contributed by atoms with van der Waals surface area (Å²) in [5.41, 5.74) is 22.6. The number of ether oxygens (including phenoxy) is 1. The van der Waals surface area contributed by atoms with Crippen LogP contribution in [0, 0.1) is 10.8 Å². The lowest BCUT2D eigenvalue weighted by Crippen LogP contribution is -2.41. The third-order valence-electron chi connectivity index (χ3n) is 16.2. The molecule has 11 rings (SSSR count). The topological polar surface area (TPSA) is 9.23 Å². The Labute approximate surface area is 363 Å². The molecule has 0 amide bonds. The van der Waals surface area contributed by atoms with Crippen LogP contribution in [-0.2, 0) is 22.0 Å². The van der Waals surface area contributed by atoms with Gasteiger partial charge >= 0.3 is 0 Å². The van der Waals surface area contributed by atoms with Crippen LogP contribution in [0.25, 0.3) is 39.0 Å². The lowest BCUT2D eigenvalue weighted by molar-refractivity contribution is 0.112. The van der Waals surface area contributed by atoms with Crippen molar-refractivity contribution < 1.29 is 4.74 Å². The molecule has 1 heteroatoms. The van der Waals surface area contributed by atoms with Crippen LogP contribution in [-0.4, -0.2) is 12.7 Å². The average Bonchev–Trinajstić information content (AvgIpc) is 3.72. The monoisotopic (exact) mass is 792 g/mol. The van der Waals surface area contributed by atoms with Crippen LogP contribution in [0.3, 0.4) is 0 Å². The molecule has 0 N–H and O–H groups in total. The Kier molecular flexibility index (Phi) is 8.37. The molecule has 5 aliphatic carbocycles. The molecule has 0 radical (unpaired) electrons. The number of benzene rings is 5. The normalized spacial score (nSPS) is 26.8. The SMILES string of the molecule is C=C/C=C(\C=C)C1=CC2(CC=C1)COC1C=CC(c3ccc4c(c3)-c3cc5c(cc3C4(C)C)C(C)(C)c3ccc(C4Cc6ccccc6-c6ccccc6C4C)cc3-5)=CC12C. The minimum atomic E-state index is -0.212. The molecule has 1 fully saturated rings. The molecule has 1 heterocycles. The first-order chi connectivity index (χ1) is 29.4. The maximum absolute atomic E-state index is 6.61. The van der Waals surface area contributed by atoms with Gasteiger partial charge in [0, 0.05) is 21.7 Å². The molecule has 0 aromatic heterocycles. The van der Waals surface area contributed by atoms with E-state index < -0.39 is 0 Å². The molecular formula is C60H56O. The summed E-state index contributed by atoms with van der Waals surface area (Å²) in [7, 11) is 0. The molecule has 0 bridgehead atoms. The molecule has 5 unspecified atom stereocenters. The Balaban J connectivity index is 1.00. The van der Waals surface area contributed by atoms with Crippen molar-refractivity contribution in [1.82, 2.24) is 0 Å². The zero-order valence-corrected chi connectivity index (χ0v) is 36.6. The van der Waals surface area contributed by atoms with Crippen molar-refractivity contribution in [2.75, 3.05) is 6.61 Å². The standard InChI is InChI=1S/C60H56O/c1-9-16-38(10-2)42-18-15-28-60(35-42)36-61-56-27-24-43(34-59(56,60)8)39-22-25-52-48(29-39)50-32-51-49-31-41(23-26-53(49)58(6,7)55(51)33-54(50)57(52,4)5)47-30-40-17-11-12-20-45(40)46-21-14-13-19-44(46)37(47)3/h9-27,29,31-35,37,47,56H,1-2,28,30,36H2,3-8H3/b38-16+. The van der Waals surface area contributed by atoms with Gasteiger partial charge in [-0.1, -0.05) is 194 Å². The third kappa shape index (κ3) is 5.36. The van der Waals surface area contributed by atoms with E-state index in [0.717, 1.165) is 18.4 Å². The smallest absolute Gasteiger partial charge is 0.0857 e. The van der Waals surface area contributed by atoms with E-state index in [0.29, 0.717) is 18.4 Å². The number of hydrogen-bond acceptors (Lipinski definition) is 1. The van der Waals surface area contributed by atoms with Gasteiger partial charge in [-0.25, -0.2) is 0 Å². The van der Waals surface area contributed by atoms with Crippen molar-refractivity contribution in [1.29, 1.82) is 0 Å². The van der Waals surface area contributed by atoms with E-state index in [9.17, 15) is 0 Å². The number of hydrogen-bond donors (Lipinski definition) is 0. The first-order valence-electron chi connectivity index (χ1n) is 22.4. The van der Waals surface area contributed by atoms with E-state index in [1.807, 2.05) is 18.2 Å². The Morgan fingerprint density at radius 1 is 0.689 bits per heavy atom. The van der Waals surface area contributed by atoms with E-state index in [4.69, 9.17) is 4.74 Å². The van der Waals surface area contributed by atoms with Crippen LogP contribution in [0.15, 0.2) is 176 Å². The highest BCUT2D eigenvalue weighted by atomic mass is 16.5. The number of allylic oxidation sites excluding steroid dienone is 9. The highest BCUT2D eigenvalue weighted by Crippen LogP contribution is 2.60. The van der Waals surface area contributed by atoms with Gasteiger partial charge in [-0.3, -0.25) is 0 Å². The van der Waals surface area contributed by atoms with Gasteiger partial charge in [-0.05, 0) is 131 Å². The third-order valence-corrected chi connectivity index (χ3v) is 16.2. The maximum atomic E-state index is 6.61. The van der Waals surface area contributed by atoms with Crippen molar-refractivity contribution in [3.05, 3.63) is 221 Å². The van der Waals surface area contributed by atoms with Gasteiger partial charge in [0.1, 0.15) is 0 Å². The summed E-state index contributed by atoms with van der Waals surface area (Å²) in [6.07, 6.45) is 22.0. The van der Waals surface area contributed by atoms with Crippen LogP contribution < -0.4 is 0 Å². The molecule has 5 aromatic carbocycles. The molecule has 1 spiro atoms. The molecule has 1 nitrogen and oxygen atoms in total. The highest BCUT2D eigenvalue weighted by molar-refractivity contribution is 5.92. The van der Waals surface area contributed by atoms with E-state index >= 15 is 0 Å². The molecule has 1 saturated heterocycles. The summed E-state index contributed by atoms with van der Waals surface area (Å²) in [6.45, 7) is 23.3. The molecule has 5 atom stereocenters. The largest absolute Gasteiger partial charge is 0.372 e. The van der Waals surface area contributed by atoms with Crippen molar-refractivity contribution in [3.8, 4) is 33.4 Å². The van der Waals surface area contributed by atoms with Gasteiger partial charge in [0.25, 0.3) is 0 Å². The Bertz CT molecular complexity index is 2900. The fraction of sp³-hybridized carbons (Fsp3) is 0.267. The van der Waals surface area contributed by atoms with Gasteiger partial charge in [0.15, 0.2) is 0 Å². The zero-order valence-electron chi connectivity index (χ0n) is 36.6. The van der Waals surface area contributed by atoms with Gasteiger partial charge < -0.3 is 4.74 Å². The van der Waals surface area contributed by atoms with Gasteiger partial charge in [0.2, 0.25) is 0 Å². The van der Waals surface area contributed by atoms with Crippen LogP contribution in [0.5, 0.6) is 0 Å². The van der Waals surface area contributed by atoms with Crippen LogP contribution in [0.1, 0.15) is 104 Å². The maximum Gasteiger partial charge on any atom is 0.0857 e. The van der Waals surface area contributed by atoms with Crippen LogP contribution >= 0.6 is 0 Å². The second-order valence-electron chi connectivity index (χ2n) is 20.0. The molecule has 0 saturated carbocycles. The summed E-state index contributed by atoms with van der Waals surface area (Å²) in [5.74, 6) is 0.764. The first kappa shape index (κ1) is 38.2. The van der Waals surface area contributed by atoms with Crippen LogP contribution in [0.4, 0.5) is 0 Å². The summed E-state index contributed by atoms with van der Waals surface area (Å²) >= 11 is 0. The fourth-order valence-electron chi connectivity index (χ4n) is 12.5. The van der Waals surface area contributed by atoms with Crippen molar-refractivity contribution in [2.45, 2.75) is 83.2 Å². The number of rotatable bonds is 5. The van der Waals surface area contributed by atoms with Gasteiger partial charge in [-0.15, -0.1) is 0 Å². The zero-order chi connectivity index (χ0) is 42.1. The predicted molar refractivity (Wildman–Crippen MR) is 256 cm³/mol. The lowest BCUT2D eigenvalue weighted by Gasteiger charge is -2.43. The number of fused-ring (bicyclic) bond motifs is 11. The summed E-state index contributed by atoms with van der Waals surface area (Å²) in [5, 5.41) is 0. The summed E-state index contributed by atoms with van der Waals surface area (Å²) in [4.78, 5) is 0. The molecule has 61 heavy (non-hydrogen) atoms.